The molecule has 0 bridgehead atoms. The molecule has 1 aliphatic heterocycles. The van der Waals surface area contributed by atoms with E-state index < -0.39 is 5.97 Å². The van der Waals surface area contributed by atoms with Crippen molar-refractivity contribution in [3.05, 3.63) is 47.5 Å². The predicted octanol–water partition coefficient (Wildman–Crippen LogP) is 1.52. The highest BCUT2D eigenvalue weighted by Gasteiger charge is 2.16. The van der Waals surface area contributed by atoms with Crippen molar-refractivity contribution in [1.82, 2.24) is 0 Å². The van der Waals surface area contributed by atoms with Gasteiger partial charge in [0.1, 0.15) is 11.5 Å². The average molecular weight is 371 g/mol. The lowest BCUT2D eigenvalue weighted by atomic mass is 10.1. The summed E-state index contributed by atoms with van der Waals surface area (Å²) in [6, 6.07) is 10.9. The van der Waals surface area contributed by atoms with Crippen molar-refractivity contribution in [2.24, 2.45) is 0 Å². The van der Waals surface area contributed by atoms with Gasteiger partial charge in [-0.25, -0.2) is 0 Å². The summed E-state index contributed by atoms with van der Waals surface area (Å²) in [4.78, 5) is 13.6. The molecule has 0 spiro atoms. The Morgan fingerprint density at radius 3 is 2.59 bits per heavy atom. The third kappa shape index (κ3) is 4.43. The Morgan fingerprint density at radius 1 is 1.15 bits per heavy atom. The number of carbonyl (C=O) groups excluding carboxylic acids is 1. The summed E-state index contributed by atoms with van der Waals surface area (Å²) in [5, 5.41) is 14.9. The highest BCUT2D eigenvalue weighted by atomic mass is 16.5. The van der Waals surface area contributed by atoms with Crippen LogP contribution in [0.5, 0.6) is 11.5 Å². The molecule has 144 valence electrons. The van der Waals surface area contributed by atoms with Crippen LogP contribution in [0.1, 0.15) is 15.9 Å². The number of benzene rings is 2. The van der Waals surface area contributed by atoms with E-state index in [0.717, 1.165) is 5.56 Å². The predicted molar refractivity (Wildman–Crippen MR) is 101 cm³/mol. The maximum absolute atomic E-state index is 11.6. The van der Waals surface area contributed by atoms with Gasteiger partial charge in [0.2, 0.25) is 0 Å². The molecule has 1 heterocycles. The maximum atomic E-state index is 11.6. The first-order valence-corrected chi connectivity index (χ1v) is 8.75. The van der Waals surface area contributed by atoms with Gasteiger partial charge in [-0.05, 0) is 30.3 Å². The Hall–Kier alpha value is -2.93. The lowest BCUT2D eigenvalue weighted by Crippen LogP contribution is -2.38. The number of aromatic carboxylic acids is 1. The summed E-state index contributed by atoms with van der Waals surface area (Å²) in [6.45, 7) is 2.98. The van der Waals surface area contributed by atoms with Crippen LogP contribution in [0.3, 0.4) is 0 Å². The number of carboxylic acids is 1. The normalized spacial score (nSPS) is 13.9. The molecule has 1 aliphatic rings. The second kappa shape index (κ2) is 8.64. The van der Waals surface area contributed by atoms with Crippen LogP contribution < -0.4 is 24.8 Å². The summed E-state index contributed by atoms with van der Waals surface area (Å²) in [5.41, 5.74) is 2.46. The fourth-order valence-electron chi connectivity index (χ4n) is 3.08. The van der Waals surface area contributed by atoms with Crippen LogP contribution in [0, 0.1) is 0 Å². The number of nitrogens with zero attached hydrogens (tertiary/aromatic N) is 1. The van der Waals surface area contributed by atoms with E-state index in [1.165, 1.54) is 0 Å². The lowest BCUT2D eigenvalue weighted by Gasteiger charge is -2.31. The van der Waals surface area contributed by atoms with E-state index in [-0.39, 0.29) is 5.56 Å². The Kier molecular flexibility index (Phi) is 6.03. The molecule has 0 aliphatic carbocycles. The van der Waals surface area contributed by atoms with Crippen LogP contribution >= 0.6 is 0 Å². The van der Waals surface area contributed by atoms with Gasteiger partial charge in [0.15, 0.2) is 0 Å². The summed E-state index contributed by atoms with van der Waals surface area (Å²) in [6.07, 6.45) is 0. The summed E-state index contributed by atoms with van der Waals surface area (Å²) in [7, 11) is 3.20. The largest absolute Gasteiger partial charge is 0.545 e. The number of anilines is 2. The van der Waals surface area contributed by atoms with E-state index in [1.807, 2.05) is 35.2 Å². The number of carboxylic acid groups (broad SMARTS) is 1. The van der Waals surface area contributed by atoms with Gasteiger partial charge in [-0.2, -0.15) is 0 Å². The van der Waals surface area contributed by atoms with Crippen LogP contribution in [0.15, 0.2) is 36.4 Å². The molecule has 0 saturated carbocycles. The summed E-state index contributed by atoms with van der Waals surface area (Å²) < 4.78 is 15.9. The monoisotopic (exact) mass is 371 g/mol. The number of ether oxygens (including phenoxy) is 3. The fourth-order valence-corrected chi connectivity index (χ4v) is 3.08. The van der Waals surface area contributed by atoms with Crippen molar-refractivity contribution in [2.75, 3.05) is 50.7 Å². The first-order valence-electron chi connectivity index (χ1n) is 8.75. The molecule has 1 fully saturated rings. The van der Waals surface area contributed by atoms with Gasteiger partial charge in [0.05, 0.1) is 33.4 Å². The minimum absolute atomic E-state index is 0.170. The van der Waals surface area contributed by atoms with Crippen molar-refractivity contribution >= 4 is 17.3 Å². The van der Waals surface area contributed by atoms with E-state index in [0.29, 0.717) is 55.7 Å². The molecule has 0 aromatic heterocycles. The van der Waals surface area contributed by atoms with Crippen LogP contribution in [-0.4, -0.2) is 46.5 Å². The number of methoxy groups -OCH3 is 2. The van der Waals surface area contributed by atoms with Gasteiger partial charge in [-0.15, -0.1) is 0 Å². The first kappa shape index (κ1) is 18.8. The molecule has 7 heteroatoms. The number of rotatable bonds is 7. The highest BCUT2D eigenvalue weighted by molar-refractivity contribution is 5.94. The lowest BCUT2D eigenvalue weighted by molar-refractivity contribution is -0.254. The van der Waals surface area contributed by atoms with Gasteiger partial charge in [-0.1, -0.05) is 0 Å². The third-order valence-corrected chi connectivity index (χ3v) is 4.55. The van der Waals surface area contributed by atoms with Crippen LogP contribution in [0.2, 0.25) is 0 Å². The minimum atomic E-state index is -1.19. The summed E-state index contributed by atoms with van der Waals surface area (Å²) >= 11 is 0. The SMILES string of the molecule is COc1ccc(CNc2ccc(N3CCOCC3)c(C(=O)[O-])c2)c(OC)c1. The standard InChI is InChI=1S/C20H24N2O5/c1-25-16-5-3-14(19(12-16)26-2)13-21-15-4-6-18(17(11-15)20(23)24)22-7-9-27-10-8-22/h3-6,11-12,21H,7-10,13H2,1-2H3,(H,23,24)/p-1. The zero-order valence-electron chi connectivity index (χ0n) is 15.5. The molecule has 2 aromatic carbocycles. The molecule has 7 nitrogen and oxygen atoms in total. The van der Waals surface area contributed by atoms with Crippen LogP contribution in [0.25, 0.3) is 0 Å². The van der Waals surface area contributed by atoms with Crippen LogP contribution in [-0.2, 0) is 11.3 Å². The smallest absolute Gasteiger partial charge is 0.127 e. The Labute approximate surface area is 158 Å². The van der Waals surface area contributed by atoms with Crippen molar-refractivity contribution in [3.63, 3.8) is 0 Å². The quantitative estimate of drug-likeness (QED) is 0.790. The molecule has 0 unspecified atom stereocenters. The molecule has 2 aromatic rings. The Balaban J connectivity index is 1.77. The van der Waals surface area contributed by atoms with Crippen molar-refractivity contribution in [2.45, 2.75) is 6.54 Å². The second-order valence-electron chi connectivity index (χ2n) is 6.15. The van der Waals surface area contributed by atoms with Crippen molar-refractivity contribution in [3.8, 4) is 11.5 Å². The number of nitrogens with one attached hydrogen (secondary N) is 1. The molecular formula is C20H23N2O5-. The van der Waals surface area contributed by atoms with Gasteiger partial charge >= 0.3 is 0 Å². The third-order valence-electron chi connectivity index (χ3n) is 4.55. The maximum Gasteiger partial charge on any atom is 0.127 e. The molecule has 1 N–H and O–H groups in total. The fraction of sp³-hybridized carbons (Fsp3) is 0.350. The van der Waals surface area contributed by atoms with E-state index >= 15 is 0 Å². The van der Waals surface area contributed by atoms with Gasteiger partial charge in [-0.3, -0.25) is 0 Å². The molecule has 1 saturated heterocycles. The molecule has 3 rings (SSSR count). The molecule has 0 atom stereocenters. The summed E-state index contributed by atoms with van der Waals surface area (Å²) in [5.74, 6) is 0.221. The van der Waals surface area contributed by atoms with E-state index in [2.05, 4.69) is 5.32 Å². The van der Waals surface area contributed by atoms with E-state index in [4.69, 9.17) is 14.2 Å². The minimum Gasteiger partial charge on any atom is -0.545 e. The number of hydrogen-bond acceptors (Lipinski definition) is 7. The molecular weight excluding hydrogens is 348 g/mol. The zero-order chi connectivity index (χ0) is 19.2. The number of hydrogen-bond donors (Lipinski definition) is 1. The van der Waals surface area contributed by atoms with Crippen molar-refractivity contribution in [1.29, 1.82) is 0 Å². The number of carbonyl (C=O) groups is 1. The molecule has 0 amide bonds. The molecule has 27 heavy (non-hydrogen) atoms. The van der Waals surface area contributed by atoms with Crippen LogP contribution in [0.4, 0.5) is 11.4 Å². The van der Waals surface area contributed by atoms with Gasteiger partial charge in [0.25, 0.3) is 0 Å². The number of morpholine rings is 1. The molecule has 0 radical (unpaired) electrons. The zero-order valence-corrected chi connectivity index (χ0v) is 15.5. The Bertz CT molecular complexity index is 803. The van der Waals surface area contributed by atoms with E-state index in [1.54, 1.807) is 20.3 Å². The Morgan fingerprint density at radius 2 is 1.93 bits per heavy atom. The highest BCUT2D eigenvalue weighted by Crippen LogP contribution is 2.28. The van der Waals surface area contributed by atoms with Gasteiger partial charge < -0.3 is 34.3 Å². The van der Waals surface area contributed by atoms with E-state index in [9.17, 15) is 9.90 Å². The first-order chi connectivity index (χ1) is 13.1. The topological polar surface area (TPSA) is 83.1 Å². The van der Waals surface area contributed by atoms with Gasteiger partial charge in [0, 0.05) is 48.2 Å². The average Bonchev–Trinajstić information content (AvgIpc) is 2.72. The van der Waals surface area contributed by atoms with Crippen molar-refractivity contribution < 1.29 is 24.1 Å². The second-order valence-corrected chi connectivity index (χ2v) is 6.15.